The molecule has 0 unspecified atom stereocenters. The summed E-state index contributed by atoms with van der Waals surface area (Å²) in [7, 11) is 0. The summed E-state index contributed by atoms with van der Waals surface area (Å²) in [4.78, 5) is 0. The van der Waals surface area contributed by atoms with E-state index in [2.05, 4.69) is 193 Å². The first-order valence-electron chi connectivity index (χ1n) is 18.0. The van der Waals surface area contributed by atoms with Gasteiger partial charge in [-0.3, -0.25) is 0 Å². The second-order valence-corrected chi connectivity index (χ2v) is 13.5. The summed E-state index contributed by atoms with van der Waals surface area (Å²) in [6, 6.07) is 71.4. The topological polar surface area (TPSA) is 28.7 Å². The monoisotopic (exact) mass is 672 g/mol. The van der Waals surface area contributed by atoms with Gasteiger partial charge in [0.2, 0.25) is 0 Å². The van der Waals surface area contributed by atoms with Crippen LogP contribution in [0.25, 0.3) is 93.5 Å². The van der Waals surface area contributed by atoms with E-state index in [1.54, 1.807) is 0 Å². The fraction of sp³-hybridized carbons (Fsp3) is 0. The third kappa shape index (κ3) is 4.94. The van der Waals surface area contributed by atoms with Crippen LogP contribution in [0.15, 0.2) is 194 Å². The average molecular weight is 673 g/mol. The summed E-state index contributed by atoms with van der Waals surface area (Å²) in [5, 5.41) is 17.8. The third-order valence-electron chi connectivity index (χ3n) is 10.6. The predicted octanol–water partition coefficient (Wildman–Crippen LogP) is 13.6. The molecule has 0 bridgehead atoms. The fourth-order valence-corrected chi connectivity index (χ4v) is 8.37. The Morgan fingerprint density at radius 3 is 1.36 bits per heavy atom. The van der Waals surface area contributed by atoms with Gasteiger partial charge in [0, 0.05) is 22.0 Å². The summed E-state index contributed by atoms with van der Waals surface area (Å²) in [5.74, 6) is 0. The van der Waals surface area contributed by atoms with E-state index < -0.39 is 0 Å². The molecule has 1 aromatic heterocycles. The van der Waals surface area contributed by atoms with Crippen LogP contribution in [0.5, 0.6) is 0 Å². The highest BCUT2D eigenvalue weighted by atomic mass is 15.0. The number of nitrogens with zero attached hydrogens (tertiary/aromatic N) is 2. The smallest absolute Gasteiger partial charge is 0.0998 e. The molecule has 0 saturated carbocycles. The number of fused-ring (bicyclic) bond motifs is 5. The van der Waals surface area contributed by atoms with Gasteiger partial charge < -0.3 is 4.57 Å². The van der Waals surface area contributed by atoms with Crippen LogP contribution in [0.3, 0.4) is 0 Å². The Bertz CT molecular complexity index is 2940. The lowest BCUT2D eigenvalue weighted by Gasteiger charge is -2.18. The molecular formula is C51H32N2. The van der Waals surface area contributed by atoms with E-state index in [9.17, 15) is 5.26 Å². The Morgan fingerprint density at radius 2 is 0.792 bits per heavy atom. The molecule has 0 aliphatic carbocycles. The number of para-hydroxylation sites is 2. The van der Waals surface area contributed by atoms with Crippen LogP contribution in [-0.2, 0) is 0 Å². The molecule has 0 aliphatic heterocycles. The lowest BCUT2D eigenvalue weighted by Crippen LogP contribution is -1.96. The maximum atomic E-state index is 10.4. The minimum atomic E-state index is 0.652. The van der Waals surface area contributed by atoms with E-state index in [4.69, 9.17) is 0 Å². The standard InChI is InChI=1S/C51H32N2/c52-33-38-17-13-25-40(49(38)37-16-12-18-39(32-37)53-47-26-10-8-19-41(47)42-20-9-11-27-48(42)53)34-28-30-36(31-29-34)51-45-23-6-4-21-43(45)50(35-14-2-1-3-15-35)44-22-5-7-24-46(44)51/h1-32H. The quantitative estimate of drug-likeness (QED) is 0.167. The first kappa shape index (κ1) is 30.6. The molecule has 9 aromatic carbocycles. The number of hydrogen-bond acceptors (Lipinski definition) is 1. The van der Waals surface area contributed by atoms with E-state index in [1.807, 2.05) is 12.1 Å². The van der Waals surface area contributed by atoms with Crippen LogP contribution in [0, 0.1) is 11.3 Å². The van der Waals surface area contributed by atoms with E-state index in [0.717, 1.165) is 44.5 Å². The fourth-order valence-electron chi connectivity index (χ4n) is 8.37. The molecule has 2 nitrogen and oxygen atoms in total. The van der Waals surface area contributed by atoms with Crippen LogP contribution >= 0.6 is 0 Å². The summed E-state index contributed by atoms with van der Waals surface area (Å²) < 4.78 is 2.33. The van der Waals surface area contributed by atoms with Gasteiger partial charge in [0.15, 0.2) is 0 Å². The normalized spacial score (nSPS) is 11.4. The molecule has 0 saturated heterocycles. The SMILES string of the molecule is N#Cc1cccc(-c2ccc(-c3c4ccccc4c(-c4ccccc4)c4ccccc34)cc2)c1-c1cccc(-n2c3ccccc3c3ccccc32)c1. The summed E-state index contributed by atoms with van der Waals surface area (Å²) >= 11 is 0. The van der Waals surface area contributed by atoms with Crippen molar-refractivity contribution < 1.29 is 0 Å². The molecule has 1 heterocycles. The molecule has 246 valence electrons. The average Bonchev–Trinajstić information content (AvgIpc) is 3.57. The number of hydrogen-bond donors (Lipinski definition) is 0. The van der Waals surface area contributed by atoms with Crippen molar-refractivity contribution >= 4 is 43.4 Å². The van der Waals surface area contributed by atoms with Gasteiger partial charge in [0.05, 0.1) is 22.7 Å². The van der Waals surface area contributed by atoms with Gasteiger partial charge in [-0.25, -0.2) is 0 Å². The van der Waals surface area contributed by atoms with Gasteiger partial charge in [0.25, 0.3) is 0 Å². The maximum absolute atomic E-state index is 10.4. The van der Waals surface area contributed by atoms with Crippen molar-refractivity contribution in [3.8, 4) is 56.3 Å². The Kier molecular flexibility index (Phi) is 7.23. The van der Waals surface area contributed by atoms with Crippen molar-refractivity contribution in [1.82, 2.24) is 4.57 Å². The Morgan fingerprint density at radius 1 is 0.340 bits per heavy atom. The van der Waals surface area contributed by atoms with Gasteiger partial charge in [-0.05, 0) is 90.8 Å². The zero-order valence-electron chi connectivity index (χ0n) is 28.9. The highest BCUT2D eigenvalue weighted by Crippen LogP contribution is 2.44. The van der Waals surface area contributed by atoms with Crippen molar-refractivity contribution in [3.05, 3.63) is 200 Å². The molecule has 0 spiro atoms. The van der Waals surface area contributed by atoms with Crippen LogP contribution in [0.1, 0.15) is 5.56 Å². The van der Waals surface area contributed by atoms with Crippen molar-refractivity contribution in [2.75, 3.05) is 0 Å². The molecule has 0 aliphatic rings. The van der Waals surface area contributed by atoms with Crippen LogP contribution in [0.4, 0.5) is 0 Å². The summed E-state index contributed by atoms with van der Waals surface area (Å²) in [6.07, 6.45) is 0. The molecule has 0 radical (unpaired) electrons. The predicted molar refractivity (Wildman–Crippen MR) is 222 cm³/mol. The number of nitriles is 1. The van der Waals surface area contributed by atoms with Gasteiger partial charge in [-0.15, -0.1) is 0 Å². The second kappa shape index (κ2) is 12.5. The molecule has 10 rings (SSSR count). The minimum Gasteiger partial charge on any atom is -0.309 e. The van der Waals surface area contributed by atoms with E-state index >= 15 is 0 Å². The highest BCUT2D eigenvalue weighted by molar-refractivity contribution is 6.21. The van der Waals surface area contributed by atoms with E-state index in [0.29, 0.717) is 5.56 Å². The van der Waals surface area contributed by atoms with Gasteiger partial charge in [-0.2, -0.15) is 5.26 Å². The second-order valence-electron chi connectivity index (χ2n) is 13.5. The van der Waals surface area contributed by atoms with Crippen LogP contribution < -0.4 is 0 Å². The lowest BCUT2D eigenvalue weighted by atomic mass is 9.85. The van der Waals surface area contributed by atoms with Crippen molar-refractivity contribution in [2.24, 2.45) is 0 Å². The summed E-state index contributed by atoms with van der Waals surface area (Å²) in [6.45, 7) is 0. The minimum absolute atomic E-state index is 0.652. The van der Waals surface area contributed by atoms with Gasteiger partial charge >= 0.3 is 0 Å². The van der Waals surface area contributed by atoms with Crippen molar-refractivity contribution in [1.29, 1.82) is 5.26 Å². The Hall–Kier alpha value is -7.21. The Balaban J connectivity index is 1.13. The molecule has 0 atom stereocenters. The zero-order chi connectivity index (χ0) is 35.3. The molecule has 0 N–H and O–H groups in total. The van der Waals surface area contributed by atoms with Gasteiger partial charge in [0.1, 0.15) is 0 Å². The molecule has 10 aromatic rings. The maximum Gasteiger partial charge on any atom is 0.0998 e. The van der Waals surface area contributed by atoms with Crippen molar-refractivity contribution in [3.63, 3.8) is 0 Å². The zero-order valence-corrected chi connectivity index (χ0v) is 28.9. The van der Waals surface area contributed by atoms with Gasteiger partial charge in [-0.1, -0.05) is 164 Å². The Labute approximate surface area is 308 Å². The molecule has 53 heavy (non-hydrogen) atoms. The molecule has 0 fully saturated rings. The molecule has 0 amide bonds. The van der Waals surface area contributed by atoms with E-state index in [-0.39, 0.29) is 0 Å². The van der Waals surface area contributed by atoms with Crippen LogP contribution in [0.2, 0.25) is 0 Å². The number of benzene rings is 9. The largest absolute Gasteiger partial charge is 0.309 e. The first-order valence-corrected chi connectivity index (χ1v) is 18.0. The van der Waals surface area contributed by atoms with Crippen molar-refractivity contribution in [2.45, 2.75) is 0 Å². The number of rotatable bonds is 5. The highest BCUT2D eigenvalue weighted by Gasteiger charge is 2.19. The molecular weight excluding hydrogens is 641 g/mol. The third-order valence-corrected chi connectivity index (χ3v) is 10.6. The number of aromatic nitrogens is 1. The summed E-state index contributed by atoms with van der Waals surface area (Å²) in [5.41, 5.74) is 12.9. The molecule has 2 heteroatoms. The first-order chi connectivity index (χ1) is 26.3. The van der Waals surface area contributed by atoms with Crippen LogP contribution in [-0.4, -0.2) is 4.57 Å². The van der Waals surface area contributed by atoms with E-state index in [1.165, 1.54) is 49.0 Å². The lowest BCUT2D eigenvalue weighted by molar-refractivity contribution is 1.18.